The topological polar surface area (TPSA) is 85.8 Å². The van der Waals surface area contributed by atoms with Gasteiger partial charge in [-0.3, -0.25) is 0 Å². The summed E-state index contributed by atoms with van der Waals surface area (Å²) in [7, 11) is -4.42. The minimum atomic E-state index is -1.11. The van der Waals surface area contributed by atoms with E-state index in [1.807, 2.05) is 75.0 Å². The third-order valence-electron chi connectivity index (χ3n) is 5.53. The van der Waals surface area contributed by atoms with E-state index in [2.05, 4.69) is 78.6 Å². The van der Waals surface area contributed by atoms with Gasteiger partial charge < -0.3 is 39.7 Å². The van der Waals surface area contributed by atoms with Crippen molar-refractivity contribution < 1.29 is 39.0 Å². The second-order valence-electron chi connectivity index (χ2n) is 14.2. The summed E-state index contributed by atoms with van der Waals surface area (Å²) in [6, 6.07) is 0. The van der Waals surface area contributed by atoms with E-state index in [0.717, 1.165) is 52.4 Å². The minimum Gasteiger partial charge on any atom is -0.668 e. The Hall–Kier alpha value is 0.574. The van der Waals surface area contributed by atoms with Crippen LogP contribution in [0.3, 0.4) is 0 Å². The van der Waals surface area contributed by atoms with E-state index in [1.54, 1.807) is 0 Å². The molecular formula is C30H76N8Si4Zn2. The van der Waals surface area contributed by atoms with Crippen molar-refractivity contribution in [3.8, 4) is 0 Å². The van der Waals surface area contributed by atoms with Gasteiger partial charge in [-0.1, -0.05) is 167 Å². The molecule has 0 aromatic rings. The molecule has 0 amide bonds. The van der Waals surface area contributed by atoms with Crippen molar-refractivity contribution in [2.45, 2.75) is 134 Å². The van der Waals surface area contributed by atoms with Crippen molar-refractivity contribution in [3.63, 3.8) is 0 Å². The van der Waals surface area contributed by atoms with E-state index < -0.39 is 32.9 Å². The van der Waals surface area contributed by atoms with Gasteiger partial charge >= 0.3 is 39.0 Å². The molecule has 0 radical (unpaired) electrons. The molecule has 0 heterocycles. The molecule has 0 spiro atoms. The SMILES string of the molecule is CCN(CC)C(=[N-])N(CC)CC.CCN(CC)C(=[N-])N(CC)CC.C[Si](C)(C)[N-][Si](C)(C)C.C[Si](C)(C)[N-][Si](C)(C)C.[Zn+2].[Zn+2]. The summed E-state index contributed by atoms with van der Waals surface area (Å²) in [4.78, 5) is 7.81. The van der Waals surface area contributed by atoms with Crippen LogP contribution in [0, 0.1) is 0 Å². The maximum atomic E-state index is 9.74. The Kier molecular flexibility index (Phi) is 36.9. The van der Waals surface area contributed by atoms with Crippen LogP contribution in [0.4, 0.5) is 0 Å². The molecular weight excluding hydrogens is 716 g/mol. The van der Waals surface area contributed by atoms with E-state index in [-0.39, 0.29) is 39.0 Å². The fourth-order valence-electron chi connectivity index (χ4n) is 4.44. The molecule has 0 rings (SSSR count). The summed E-state index contributed by atoms with van der Waals surface area (Å²) in [5, 5.41) is 19.5. The van der Waals surface area contributed by atoms with Crippen molar-refractivity contribution in [1.82, 2.24) is 19.6 Å². The fourth-order valence-corrected chi connectivity index (χ4v) is 20.5. The first kappa shape index (κ1) is 56.9. The Bertz CT molecular complexity index is 566. The zero-order chi connectivity index (χ0) is 34.5. The Labute approximate surface area is 307 Å². The molecule has 0 aromatic carbocycles. The van der Waals surface area contributed by atoms with E-state index in [1.165, 1.54) is 0 Å². The summed E-state index contributed by atoms with van der Waals surface area (Å²) in [5.74, 6) is 0.815. The van der Waals surface area contributed by atoms with E-state index in [4.69, 9.17) is 9.30 Å². The first-order chi connectivity index (χ1) is 18.8. The molecule has 0 aromatic heterocycles. The maximum absolute atomic E-state index is 9.74. The molecule has 0 aliphatic carbocycles. The third kappa shape index (κ3) is 37.0. The monoisotopic (exact) mass is 788 g/mol. The summed E-state index contributed by atoms with van der Waals surface area (Å²) in [6.07, 6.45) is 0. The molecule has 0 bridgehead atoms. The van der Waals surface area contributed by atoms with E-state index >= 15 is 0 Å². The molecule has 8 nitrogen and oxygen atoms in total. The van der Waals surface area contributed by atoms with Gasteiger partial charge in [-0.15, -0.1) is 0 Å². The molecule has 0 fully saturated rings. The van der Waals surface area contributed by atoms with Gasteiger partial charge in [-0.2, -0.15) is 0 Å². The van der Waals surface area contributed by atoms with E-state index in [9.17, 15) is 10.8 Å². The average Bonchev–Trinajstić information content (AvgIpc) is 2.79. The van der Waals surface area contributed by atoms with Crippen molar-refractivity contribution in [2.24, 2.45) is 0 Å². The first-order valence-electron chi connectivity index (χ1n) is 16.4. The maximum Gasteiger partial charge on any atom is 2.00 e. The smallest absolute Gasteiger partial charge is 0.668 e. The van der Waals surface area contributed by atoms with Crippen molar-refractivity contribution >= 4 is 44.9 Å². The molecule has 0 saturated carbocycles. The first-order valence-corrected chi connectivity index (χ1v) is 30.2. The van der Waals surface area contributed by atoms with Crippen molar-refractivity contribution in [2.75, 3.05) is 52.4 Å². The summed E-state index contributed by atoms with van der Waals surface area (Å²) in [5.41, 5.74) is 0. The Morgan fingerprint density at radius 3 is 0.523 bits per heavy atom. The Morgan fingerprint density at radius 1 is 0.364 bits per heavy atom. The van der Waals surface area contributed by atoms with Crippen LogP contribution >= 0.6 is 0 Å². The molecule has 14 heteroatoms. The largest absolute Gasteiger partial charge is 2.00 e. The standard InChI is InChI=1S/2C9H20N3.2C6H18NSi2.2Zn/c2*1-5-11(6-2)9(10)12(7-3)8-4;2*1-8(2,3)7-9(4,5)6;;/h2*5-8H2,1-4H3;2*1-6H3;;/q4*-1;2*+2. The Morgan fingerprint density at radius 2 is 0.477 bits per heavy atom. The van der Waals surface area contributed by atoms with Crippen LogP contribution in [0.15, 0.2) is 0 Å². The predicted octanol–water partition coefficient (Wildman–Crippen LogP) is 9.25. The van der Waals surface area contributed by atoms with Gasteiger partial charge in [0.15, 0.2) is 0 Å². The minimum absolute atomic E-state index is 0. The predicted molar refractivity (Wildman–Crippen MR) is 209 cm³/mol. The van der Waals surface area contributed by atoms with Crippen molar-refractivity contribution in [1.29, 1.82) is 0 Å². The van der Waals surface area contributed by atoms with Gasteiger partial charge in [0.25, 0.3) is 0 Å². The zero-order valence-corrected chi connectivity index (χ0v) is 43.6. The normalized spacial score (nSPS) is 11.0. The van der Waals surface area contributed by atoms with E-state index in [0.29, 0.717) is 11.9 Å². The van der Waals surface area contributed by atoms with Crippen LogP contribution in [-0.2, 0) is 39.0 Å². The second-order valence-corrected chi connectivity index (χ2v) is 33.4. The molecule has 0 N–H and O–H groups in total. The number of hydrogen-bond acceptors (Lipinski definition) is 0. The molecule has 0 unspecified atom stereocenters. The van der Waals surface area contributed by atoms with Gasteiger partial charge in [-0.25, -0.2) is 0 Å². The third-order valence-corrected chi connectivity index (χ3v) is 16.3. The quantitative estimate of drug-likeness (QED) is 0.112. The van der Waals surface area contributed by atoms with Crippen LogP contribution in [0.25, 0.3) is 20.1 Å². The molecule has 0 aliphatic heterocycles. The summed E-state index contributed by atoms with van der Waals surface area (Å²) < 4.78 is 9.64. The number of hydrogen-bond donors (Lipinski definition) is 0. The number of guanidine groups is 2. The van der Waals surface area contributed by atoms with Crippen LogP contribution in [-0.4, -0.2) is 117 Å². The molecule has 0 aliphatic rings. The van der Waals surface area contributed by atoms with Gasteiger partial charge in [0.1, 0.15) is 0 Å². The van der Waals surface area contributed by atoms with Crippen LogP contribution in [0.5, 0.6) is 0 Å². The fraction of sp³-hybridized carbons (Fsp3) is 0.933. The van der Waals surface area contributed by atoms with Gasteiger partial charge in [0.05, 0.1) is 0 Å². The molecule has 0 atom stereocenters. The number of rotatable bonds is 12. The molecule has 0 saturated heterocycles. The van der Waals surface area contributed by atoms with Crippen LogP contribution in [0.1, 0.15) is 55.4 Å². The second kappa shape index (κ2) is 28.6. The van der Waals surface area contributed by atoms with Gasteiger partial charge in [0.2, 0.25) is 0 Å². The molecule has 256 valence electrons. The number of nitrogens with zero attached hydrogens (tertiary/aromatic N) is 8. The van der Waals surface area contributed by atoms with Crippen molar-refractivity contribution in [3.05, 3.63) is 20.1 Å². The summed E-state index contributed by atoms with van der Waals surface area (Å²) in [6.45, 7) is 50.8. The summed E-state index contributed by atoms with van der Waals surface area (Å²) >= 11 is 0. The average molecular weight is 792 g/mol. The van der Waals surface area contributed by atoms with Crippen LogP contribution in [0.2, 0.25) is 78.6 Å². The molecule has 44 heavy (non-hydrogen) atoms. The van der Waals surface area contributed by atoms with Gasteiger partial charge in [-0.05, 0) is 52.4 Å². The zero-order valence-electron chi connectivity index (χ0n) is 33.6. The van der Waals surface area contributed by atoms with Crippen LogP contribution < -0.4 is 0 Å². The Balaban J connectivity index is -0.000000109. The van der Waals surface area contributed by atoms with Gasteiger partial charge in [0, 0.05) is 11.9 Å².